The molecule has 12 heteroatoms. The average molecular weight is 511 g/mol. The number of nitrogens with zero attached hydrogens (tertiary/aromatic N) is 4. The molecule has 3 atom stereocenters. The fourth-order valence-corrected chi connectivity index (χ4v) is 5.85. The Balaban J connectivity index is 1.47. The molecule has 2 aromatic heterocycles. The number of benzene rings is 1. The van der Waals surface area contributed by atoms with E-state index in [0.29, 0.717) is 39.4 Å². The number of nitro groups is 1. The van der Waals surface area contributed by atoms with Gasteiger partial charge < -0.3 is 14.7 Å². The van der Waals surface area contributed by atoms with Gasteiger partial charge in [-0.25, -0.2) is 9.78 Å². The summed E-state index contributed by atoms with van der Waals surface area (Å²) in [6.07, 6.45) is 3.11. The van der Waals surface area contributed by atoms with Gasteiger partial charge in [0, 0.05) is 30.3 Å². The minimum Gasteiger partial charge on any atom is -0.456 e. The summed E-state index contributed by atoms with van der Waals surface area (Å²) < 4.78 is 7.23. The normalized spacial score (nSPS) is 19.9. The van der Waals surface area contributed by atoms with E-state index in [0.717, 1.165) is 0 Å². The van der Waals surface area contributed by atoms with Gasteiger partial charge in [-0.1, -0.05) is 6.92 Å². The smallest absolute Gasteiger partial charge is 0.355 e. The molecule has 0 saturated carbocycles. The van der Waals surface area contributed by atoms with E-state index >= 15 is 0 Å². The van der Waals surface area contributed by atoms with E-state index in [4.69, 9.17) is 4.74 Å². The first-order valence-corrected chi connectivity index (χ1v) is 12.2. The number of non-ortho nitro benzene ring substituents is 1. The molecule has 36 heavy (non-hydrogen) atoms. The lowest BCUT2D eigenvalue weighted by atomic mass is 9.83. The predicted octanol–water partition coefficient (Wildman–Crippen LogP) is 2.96. The van der Waals surface area contributed by atoms with E-state index in [1.807, 2.05) is 0 Å². The second-order valence-corrected chi connectivity index (χ2v) is 9.78. The molecule has 1 saturated heterocycles. The van der Waals surface area contributed by atoms with Crippen LogP contribution in [-0.4, -0.2) is 54.1 Å². The van der Waals surface area contributed by atoms with Crippen molar-refractivity contribution in [3.05, 3.63) is 68.7 Å². The minimum atomic E-state index is -0.868. The number of β-lactam (4-membered cyclic amide) rings is 1. The topological polar surface area (TPSA) is 144 Å². The number of hydrogen-bond acceptors (Lipinski definition) is 9. The second-order valence-electron chi connectivity index (χ2n) is 8.75. The number of aliphatic hydroxyl groups is 1. The van der Waals surface area contributed by atoms with Gasteiger partial charge in [-0.3, -0.25) is 24.1 Å². The predicted molar refractivity (Wildman–Crippen MR) is 128 cm³/mol. The number of amides is 1. The van der Waals surface area contributed by atoms with Gasteiger partial charge in [0.25, 0.3) is 5.69 Å². The first-order chi connectivity index (χ1) is 17.2. The summed E-state index contributed by atoms with van der Waals surface area (Å²) in [6.45, 7) is 3.17. The van der Waals surface area contributed by atoms with Crippen molar-refractivity contribution in [3.63, 3.8) is 0 Å². The third kappa shape index (κ3) is 3.78. The van der Waals surface area contributed by atoms with Gasteiger partial charge in [0.2, 0.25) is 5.91 Å². The average Bonchev–Trinajstić information content (AvgIpc) is 3.53. The summed E-state index contributed by atoms with van der Waals surface area (Å²) in [7, 11) is 0. The van der Waals surface area contributed by atoms with Crippen molar-refractivity contribution >= 4 is 45.1 Å². The molecule has 0 bridgehead atoms. The molecule has 3 aromatic rings. The molecule has 0 radical (unpaired) electrons. The number of carbonyl (C=O) groups is 3. The summed E-state index contributed by atoms with van der Waals surface area (Å²) in [6, 6.07) is 5.27. The Labute approximate surface area is 208 Å². The molecule has 5 rings (SSSR count). The first-order valence-electron chi connectivity index (χ1n) is 11.4. The molecule has 2 aliphatic rings. The SMILES string of the molecule is CCC(=O)c1ncn2cc(C3=C(C(=O)OCc4ccc([N+](=O)[O-])cc4)N4C(=O)[C@H]([C@@H](C)O)[C@H]4C3)sc12. The number of fused-ring (bicyclic) bond motifs is 2. The number of ether oxygens (including phenoxy) is 1. The number of ketones is 1. The second kappa shape index (κ2) is 8.95. The van der Waals surface area contributed by atoms with Crippen LogP contribution >= 0.6 is 11.3 Å². The van der Waals surface area contributed by atoms with Crippen LogP contribution in [0.15, 0.2) is 42.5 Å². The van der Waals surface area contributed by atoms with Crippen molar-refractivity contribution in [2.45, 2.75) is 45.4 Å². The third-order valence-corrected chi connectivity index (χ3v) is 7.70. The molecule has 0 spiro atoms. The quantitative estimate of drug-likeness (QED) is 0.160. The Bertz CT molecular complexity index is 1440. The van der Waals surface area contributed by atoms with Gasteiger partial charge in [-0.2, -0.15) is 0 Å². The molecule has 0 unspecified atom stereocenters. The summed E-state index contributed by atoms with van der Waals surface area (Å²) in [5, 5.41) is 21.0. The molecule has 0 aliphatic carbocycles. The highest BCUT2D eigenvalue weighted by Gasteiger charge is 2.57. The molecule has 11 nitrogen and oxygen atoms in total. The van der Waals surface area contributed by atoms with Crippen LogP contribution in [0.4, 0.5) is 5.69 Å². The van der Waals surface area contributed by atoms with Crippen molar-refractivity contribution in [1.29, 1.82) is 0 Å². The lowest BCUT2D eigenvalue weighted by molar-refractivity contribution is -0.384. The minimum absolute atomic E-state index is 0.0754. The maximum atomic E-state index is 13.3. The van der Waals surface area contributed by atoms with E-state index in [2.05, 4.69) is 4.98 Å². The van der Waals surface area contributed by atoms with Crippen LogP contribution in [0, 0.1) is 16.0 Å². The first kappa shape index (κ1) is 23.8. The molecule has 1 amide bonds. The van der Waals surface area contributed by atoms with E-state index in [1.54, 1.807) is 30.8 Å². The number of esters is 1. The van der Waals surface area contributed by atoms with Crippen molar-refractivity contribution in [3.8, 4) is 0 Å². The summed E-state index contributed by atoms with van der Waals surface area (Å²) in [4.78, 5) is 55.7. The lowest BCUT2D eigenvalue weighted by Crippen LogP contribution is -2.61. The Kier molecular flexibility index (Phi) is 5.92. The Hall–Kier alpha value is -3.90. The van der Waals surface area contributed by atoms with Gasteiger partial charge in [0.05, 0.1) is 27.9 Å². The maximum Gasteiger partial charge on any atom is 0.355 e. The Morgan fingerprint density at radius 2 is 2.06 bits per heavy atom. The van der Waals surface area contributed by atoms with Crippen molar-refractivity contribution in [1.82, 2.24) is 14.3 Å². The maximum absolute atomic E-state index is 13.3. The number of nitro benzene ring substituents is 1. The number of aromatic nitrogens is 2. The highest BCUT2D eigenvalue weighted by atomic mass is 32.1. The number of thiazole rings is 1. The number of hydrogen-bond donors (Lipinski definition) is 1. The summed E-state index contributed by atoms with van der Waals surface area (Å²) in [5.74, 6) is -1.77. The molecular formula is C24H22N4O7S. The Morgan fingerprint density at radius 3 is 2.69 bits per heavy atom. The van der Waals surface area contributed by atoms with Crippen molar-refractivity contribution in [2.75, 3.05) is 0 Å². The fourth-order valence-electron chi connectivity index (χ4n) is 4.71. The van der Waals surface area contributed by atoms with E-state index in [9.17, 15) is 29.6 Å². The molecule has 4 heterocycles. The highest BCUT2D eigenvalue weighted by molar-refractivity contribution is 7.18. The third-order valence-electron chi connectivity index (χ3n) is 6.53. The number of aliphatic hydroxyl groups excluding tert-OH is 1. The van der Waals surface area contributed by atoms with Crippen LogP contribution in [0.3, 0.4) is 0 Å². The van der Waals surface area contributed by atoms with Crippen molar-refractivity contribution in [2.24, 2.45) is 5.92 Å². The number of Topliss-reactive ketones (excluding diaryl/α,β-unsaturated/α-hetero) is 1. The van der Waals surface area contributed by atoms with Crippen LogP contribution in [0.1, 0.15) is 47.6 Å². The van der Waals surface area contributed by atoms with Gasteiger partial charge >= 0.3 is 5.97 Å². The van der Waals surface area contributed by atoms with Gasteiger partial charge in [-0.15, -0.1) is 11.3 Å². The number of imidazole rings is 1. The highest BCUT2D eigenvalue weighted by Crippen LogP contribution is 2.48. The molecule has 1 N–H and O–H groups in total. The lowest BCUT2D eigenvalue weighted by Gasteiger charge is -2.44. The molecular weight excluding hydrogens is 488 g/mol. The zero-order valence-corrected chi connectivity index (χ0v) is 20.2. The molecule has 1 aromatic carbocycles. The summed E-state index contributed by atoms with van der Waals surface area (Å²) >= 11 is 1.30. The largest absolute Gasteiger partial charge is 0.456 e. The van der Waals surface area contributed by atoms with E-state index < -0.39 is 22.9 Å². The summed E-state index contributed by atoms with van der Waals surface area (Å²) in [5.41, 5.74) is 1.56. The van der Waals surface area contributed by atoms with Crippen LogP contribution in [-0.2, 0) is 20.9 Å². The van der Waals surface area contributed by atoms with Crippen molar-refractivity contribution < 1.29 is 29.2 Å². The molecule has 186 valence electrons. The number of rotatable bonds is 8. The standard InChI is InChI=1S/C24H22N4O7S/c1-3-17(30)20-23-26(11-25-20)9-18(36-23)15-8-16-19(12(2)29)22(31)27(16)21(15)24(32)35-10-13-4-6-14(7-5-13)28(33)34/h4-7,9,11-12,16,19,29H,3,8,10H2,1-2H3/t12-,16-,19-/m1/s1. The monoisotopic (exact) mass is 510 g/mol. The van der Waals surface area contributed by atoms with Gasteiger partial charge in [0.15, 0.2) is 5.78 Å². The Morgan fingerprint density at radius 1 is 1.33 bits per heavy atom. The van der Waals surface area contributed by atoms with E-state index in [1.165, 1.54) is 40.5 Å². The fraction of sp³-hybridized carbons (Fsp3) is 0.333. The van der Waals surface area contributed by atoms with Gasteiger partial charge in [-0.05, 0) is 31.0 Å². The molecule has 2 aliphatic heterocycles. The zero-order valence-electron chi connectivity index (χ0n) is 19.4. The van der Waals surface area contributed by atoms with Crippen LogP contribution in [0.2, 0.25) is 0 Å². The van der Waals surface area contributed by atoms with Crippen LogP contribution < -0.4 is 0 Å². The van der Waals surface area contributed by atoms with Crippen LogP contribution in [0.25, 0.3) is 10.4 Å². The van der Waals surface area contributed by atoms with Gasteiger partial charge in [0.1, 0.15) is 29.2 Å². The number of carbonyl (C=O) groups excluding carboxylic acids is 3. The molecule has 1 fully saturated rings. The zero-order chi connectivity index (χ0) is 25.7. The van der Waals surface area contributed by atoms with Crippen LogP contribution in [0.5, 0.6) is 0 Å². The van der Waals surface area contributed by atoms with E-state index in [-0.39, 0.29) is 35.7 Å².